The second-order valence-electron chi connectivity index (χ2n) is 6.30. The van der Waals surface area contributed by atoms with Gasteiger partial charge in [-0.1, -0.05) is 23.8 Å². The zero-order chi connectivity index (χ0) is 11.8. The number of allylic oxidation sites excluding steroid dienone is 2. The van der Waals surface area contributed by atoms with Crippen molar-refractivity contribution in [2.75, 3.05) is 6.61 Å². The van der Waals surface area contributed by atoms with Crippen LogP contribution in [-0.4, -0.2) is 12.7 Å². The molecule has 2 fully saturated rings. The standard InChI is InChI=1S/C16H24O/c1-11-4-3-5-14(8-11)16-15-9-13(10-17-16)7-6-12(15)2/h4,13-16H,2-3,5-10H2,1H3/t13-,14+,15-,16-/m1/s1. The largest absolute Gasteiger partial charge is 0.377 e. The molecule has 0 aromatic rings. The molecule has 2 bridgehead atoms. The van der Waals surface area contributed by atoms with Gasteiger partial charge in [0.05, 0.1) is 6.10 Å². The molecule has 17 heavy (non-hydrogen) atoms. The van der Waals surface area contributed by atoms with E-state index in [4.69, 9.17) is 4.74 Å². The molecular formula is C16H24O. The summed E-state index contributed by atoms with van der Waals surface area (Å²) < 4.78 is 6.22. The van der Waals surface area contributed by atoms with Crippen LogP contribution in [0.15, 0.2) is 23.8 Å². The highest BCUT2D eigenvalue weighted by Gasteiger charge is 2.40. The molecule has 0 aromatic heterocycles. The fourth-order valence-corrected chi connectivity index (χ4v) is 3.99. The molecule has 1 saturated carbocycles. The smallest absolute Gasteiger partial charge is 0.0671 e. The first-order valence-corrected chi connectivity index (χ1v) is 7.19. The van der Waals surface area contributed by atoms with Gasteiger partial charge in [0.1, 0.15) is 0 Å². The maximum absolute atomic E-state index is 6.22. The Balaban J connectivity index is 1.74. The van der Waals surface area contributed by atoms with Gasteiger partial charge in [-0.3, -0.25) is 0 Å². The second-order valence-corrected chi connectivity index (χ2v) is 6.30. The summed E-state index contributed by atoms with van der Waals surface area (Å²) in [6, 6.07) is 0. The molecular weight excluding hydrogens is 208 g/mol. The highest BCUT2D eigenvalue weighted by molar-refractivity contribution is 5.13. The van der Waals surface area contributed by atoms with Gasteiger partial charge in [-0.25, -0.2) is 0 Å². The van der Waals surface area contributed by atoms with Gasteiger partial charge in [0.25, 0.3) is 0 Å². The van der Waals surface area contributed by atoms with E-state index in [-0.39, 0.29) is 0 Å². The van der Waals surface area contributed by atoms with Gasteiger partial charge in [0.15, 0.2) is 0 Å². The number of hydrogen-bond acceptors (Lipinski definition) is 1. The molecule has 1 heterocycles. The van der Waals surface area contributed by atoms with E-state index in [1.54, 1.807) is 5.57 Å². The molecule has 1 nitrogen and oxygen atoms in total. The first-order valence-electron chi connectivity index (χ1n) is 7.19. The first-order chi connectivity index (χ1) is 8.24. The summed E-state index contributed by atoms with van der Waals surface area (Å²) in [5.41, 5.74) is 3.03. The van der Waals surface area contributed by atoms with Crippen LogP contribution < -0.4 is 0 Å². The van der Waals surface area contributed by atoms with Crippen LogP contribution in [-0.2, 0) is 4.74 Å². The highest BCUT2D eigenvalue weighted by atomic mass is 16.5. The molecule has 2 aliphatic carbocycles. The van der Waals surface area contributed by atoms with Gasteiger partial charge >= 0.3 is 0 Å². The molecule has 1 aliphatic heterocycles. The average molecular weight is 232 g/mol. The second kappa shape index (κ2) is 4.61. The molecule has 0 radical (unpaired) electrons. The predicted octanol–water partition coefficient (Wildman–Crippen LogP) is 4.10. The van der Waals surface area contributed by atoms with Gasteiger partial charge < -0.3 is 4.74 Å². The summed E-state index contributed by atoms with van der Waals surface area (Å²) in [5.74, 6) is 2.24. The molecule has 1 heteroatoms. The minimum absolute atomic E-state index is 0.475. The number of hydrogen-bond donors (Lipinski definition) is 0. The summed E-state index contributed by atoms with van der Waals surface area (Å²) in [6.07, 6.45) is 10.6. The van der Waals surface area contributed by atoms with E-state index in [1.165, 1.54) is 44.1 Å². The number of fused-ring (bicyclic) bond motifs is 2. The average Bonchev–Trinajstić information content (AvgIpc) is 2.34. The lowest BCUT2D eigenvalue weighted by Gasteiger charge is -2.45. The van der Waals surface area contributed by atoms with Crippen LogP contribution in [0.5, 0.6) is 0 Å². The van der Waals surface area contributed by atoms with Crippen LogP contribution in [0.25, 0.3) is 0 Å². The van der Waals surface area contributed by atoms with E-state index in [9.17, 15) is 0 Å². The molecule has 1 saturated heterocycles. The van der Waals surface area contributed by atoms with Crippen LogP contribution in [0.3, 0.4) is 0 Å². The van der Waals surface area contributed by atoms with Crippen LogP contribution in [0.2, 0.25) is 0 Å². The zero-order valence-corrected chi connectivity index (χ0v) is 11.0. The summed E-state index contributed by atoms with van der Waals surface area (Å²) in [6.45, 7) is 7.58. The third-order valence-corrected chi connectivity index (χ3v) is 4.99. The van der Waals surface area contributed by atoms with Gasteiger partial charge in [-0.15, -0.1) is 0 Å². The number of ether oxygens (including phenoxy) is 1. The van der Waals surface area contributed by atoms with Crippen LogP contribution in [0.4, 0.5) is 0 Å². The van der Waals surface area contributed by atoms with Gasteiger partial charge in [0.2, 0.25) is 0 Å². The Morgan fingerprint density at radius 3 is 3.06 bits per heavy atom. The molecule has 0 aromatic carbocycles. The van der Waals surface area contributed by atoms with Crippen molar-refractivity contribution in [1.29, 1.82) is 0 Å². The van der Waals surface area contributed by atoms with Crippen molar-refractivity contribution >= 4 is 0 Å². The highest BCUT2D eigenvalue weighted by Crippen LogP contribution is 2.44. The van der Waals surface area contributed by atoms with E-state index < -0.39 is 0 Å². The summed E-state index contributed by atoms with van der Waals surface area (Å²) in [5, 5.41) is 0. The Morgan fingerprint density at radius 2 is 2.24 bits per heavy atom. The molecule has 0 spiro atoms. The van der Waals surface area contributed by atoms with Crippen molar-refractivity contribution in [3.8, 4) is 0 Å². The fourth-order valence-electron chi connectivity index (χ4n) is 3.99. The van der Waals surface area contributed by atoms with Gasteiger partial charge in [-0.05, 0) is 57.3 Å². The Morgan fingerprint density at radius 1 is 1.35 bits per heavy atom. The topological polar surface area (TPSA) is 9.23 Å². The van der Waals surface area contributed by atoms with Gasteiger partial charge in [0, 0.05) is 12.5 Å². The quantitative estimate of drug-likeness (QED) is 0.618. The number of rotatable bonds is 1. The minimum Gasteiger partial charge on any atom is -0.377 e. The SMILES string of the molecule is C=C1CC[C@H]2CO[C@H]([C@H]3CCC=C(C)C3)[C@@H]1C2. The maximum Gasteiger partial charge on any atom is 0.0671 e. The molecule has 0 N–H and O–H groups in total. The lowest BCUT2D eigenvalue weighted by atomic mass is 9.69. The minimum atomic E-state index is 0.475. The fraction of sp³-hybridized carbons (Fsp3) is 0.750. The first kappa shape index (κ1) is 11.5. The normalized spacial score (nSPS) is 42.2. The van der Waals surface area contributed by atoms with Crippen molar-refractivity contribution in [2.45, 2.75) is 51.6 Å². The van der Waals surface area contributed by atoms with E-state index in [0.717, 1.165) is 18.4 Å². The van der Waals surface area contributed by atoms with Crippen molar-refractivity contribution in [3.63, 3.8) is 0 Å². The zero-order valence-electron chi connectivity index (χ0n) is 11.0. The van der Waals surface area contributed by atoms with E-state index in [0.29, 0.717) is 12.0 Å². The Hall–Kier alpha value is -0.560. The maximum atomic E-state index is 6.22. The Labute approximate surface area is 105 Å². The lowest BCUT2D eigenvalue weighted by molar-refractivity contribution is -0.0881. The monoisotopic (exact) mass is 232 g/mol. The van der Waals surface area contributed by atoms with E-state index in [1.807, 2.05) is 0 Å². The van der Waals surface area contributed by atoms with Crippen molar-refractivity contribution in [3.05, 3.63) is 23.8 Å². The van der Waals surface area contributed by atoms with Crippen molar-refractivity contribution in [1.82, 2.24) is 0 Å². The lowest BCUT2D eigenvalue weighted by Crippen LogP contribution is -2.43. The third kappa shape index (κ3) is 2.22. The molecule has 0 unspecified atom stereocenters. The molecule has 3 aliphatic rings. The third-order valence-electron chi connectivity index (χ3n) is 4.99. The van der Waals surface area contributed by atoms with Gasteiger partial charge in [-0.2, -0.15) is 0 Å². The van der Waals surface area contributed by atoms with Crippen molar-refractivity contribution < 1.29 is 4.74 Å². The Bertz CT molecular complexity index is 341. The summed E-state index contributed by atoms with van der Waals surface area (Å²) >= 11 is 0. The Kier molecular flexibility index (Phi) is 3.12. The molecule has 3 rings (SSSR count). The summed E-state index contributed by atoms with van der Waals surface area (Å²) in [7, 11) is 0. The van der Waals surface area contributed by atoms with Crippen LogP contribution >= 0.6 is 0 Å². The van der Waals surface area contributed by atoms with E-state index >= 15 is 0 Å². The van der Waals surface area contributed by atoms with Crippen LogP contribution in [0, 0.1) is 17.8 Å². The van der Waals surface area contributed by atoms with Crippen molar-refractivity contribution in [2.24, 2.45) is 17.8 Å². The predicted molar refractivity (Wildman–Crippen MR) is 70.8 cm³/mol. The van der Waals surface area contributed by atoms with Crippen LogP contribution in [0.1, 0.15) is 45.4 Å². The molecule has 0 amide bonds. The summed E-state index contributed by atoms with van der Waals surface area (Å²) in [4.78, 5) is 0. The molecule has 4 atom stereocenters. The molecule has 94 valence electrons. The van der Waals surface area contributed by atoms with E-state index in [2.05, 4.69) is 19.6 Å².